The maximum absolute atomic E-state index is 13.3. The first-order valence-electron chi connectivity index (χ1n) is 15.5. The van der Waals surface area contributed by atoms with E-state index in [4.69, 9.17) is 51.4 Å². The van der Waals surface area contributed by atoms with Crippen molar-refractivity contribution >= 4 is 23.7 Å². The molecule has 5 N–H and O–H groups in total. The second kappa shape index (κ2) is 19.7. The number of imidazole rings is 1. The summed E-state index contributed by atoms with van der Waals surface area (Å²) in [5, 5.41) is 47.6. The fourth-order valence-corrected chi connectivity index (χ4v) is 5.01. The van der Waals surface area contributed by atoms with Crippen molar-refractivity contribution < 1.29 is 59.0 Å². The molecule has 21 heteroatoms. The zero-order valence-electron chi connectivity index (χ0n) is 27.5. The third kappa shape index (κ3) is 12.0. The highest BCUT2D eigenvalue weighted by Crippen LogP contribution is 2.30. The molecule has 0 aliphatic carbocycles. The summed E-state index contributed by atoms with van der Waals surface area (Å²) in [6.07, 6.45) is -1.50. The van der Waals surface area contributed by atoms with E-state index in [0.29, 0.717) is 18.1 Å². The number of H-pyrrole nitrogens is 1. The highest BCUT2D eigenvalue weighted by atomic mass is 35.5. The molecule has 4 rings (SSSR count). The first-order chi connectivity index (χ1) is 24.5. The van der Waals surface area contributed by atoms with Gasteiger partial charge in [0.1, 0.15) is 25.1 Å². The molecule has 0 spiro atoms. The first kappa shape index (κ1) is 39.2. The summed E-state index contributed by atoms with van der Waals surface area (Å²) >= 11 is 6.46. The molecule has 0 aliphatic heterocycles. The molecular weight excluding hydrogens is 700 g/mol. The van der Waals surface area contributed by atoms with Crippen molar-refractivity contribution in [2.45, 2.75) is 52.0 Å². The first-order valence-corrected chi connectivity index (χ1v) is 15.9. The number of tetrazole rings is 1. The van der Waals surface area contributed by atoms with E-state index in [-0.39, 0.29) is 37.2 Å². The Balaban J connectivity index is 1.35. The van der Waals surface area contributed by atoms with Crippen LogP contribution in [0.3, 0.4) is 0 Å². The number of carbonyl (C=O) groups is 2. The summed E-state index contributed by atoms with van der Waals surface area (Å²) in [4.78, 5) is 38.8. The van der Waals surface area contributed by atoms with Gasteiger partial charge in [-0.15, -0.1) is 5.10 Å². The summed E-state index contributed by atoms with van der Waals surface area (Å²) in [6.45, 7) is 2.18. The molecule has 0 bridgehead atoms. The lowest BCUT2D eigenvalue weighted by Gasteiger charge is -2.19. The van der Waals surface area contributed by atoms with Crippen molar-refractivity contribution in [3.05, 3.63) is 70.8 Å². The van der Waals surface area contributed by atoms with Gasteiger partial charge in [-0.3, -0.25) is 20.8 Å². The number of hydrogen-bond acceptors (Lipinski definition) is 18. The highest BCUT2D eigenvalue weighted by molar-refractivity contribution is 6.32. The van der Waals surface area contributed by atoms with Gasteiger partial charge in [0.25, 0.3) is 0 Å². The maximum atomic E-state index is 13.3. The number of nitrogens with zero attached hydrogens (tertiary/aromatic N) is 7. The van der Waals surface area contributed by atoms with E-state index in [0.717, 1.165) is 35.1 Å². The minimum atomic E-state index is -1.38. The van der Waals surface area contributed by atoms with Crippen molar-refractivity contribution in [2.24, 2.45) is 0 Å². The Kier molecular flexibility index (Phi) is 15.1. The number of aromatic amines is 1. The van der Waals surface area contributed by atoms with Crippen LogP contribution in [0.25, 0.3) is 22.5 Å². The normalized spacial score (nSPS) is 12.6. The van der Waals surface area contributed by atoms with Crippen molar-refractivity contribution in [1.82, 2.24) is 41.0 Å². The molecular formula is C30H37ClN8O12. The van der Waals surface area contributed by atoms with E-state index in [2.05, 4.69) is 35.3 Å². The minimum Gasteiger partial charge on any atom is -0.432 e. The van der Waals surface area contributed by atoms with E-state index in [9.17, 15) is 9.59 Å². The third-order valence-electron chi connectivity index (χ3n) is 6.99. The number of hydrogen-bond donors (Lipinski definition) is 5. The Morgan fingerprint density at radius 2 is 1.73 bits per heavy atom. The average Bonchev–Trinajstić information content (AvgIpc) is 3.74. The van der Waals surface area contributed by atoms with Crippen LogP contribution in [-0.4, -0.2) is 113 Å². The van der Waals surface area contributed by atoms with Gasteiger partial charge in [0, 0.05) is 25.5 Å². The lowest BCUT2D eigenvalue weighted by molar-refractivity contribution is -0.528. The van der Waals surface area contributed by atoms with Crippen molar-refractivity contribution in [3.63, 3.8) is 0 Å². The predicted molar refractivity (Wildman–Crippen MR) is 170 cm³/mol. The molecule has 0 fully saturated rings. The van der Waals surface area contributed by atoms with Gasteiger partial charge in [-0.2, -0.15) is 0 Å². The van der Waals surface area contributed by atoms with E-state index in [1.807, 2.05) is 55.5 Å². The molecule has 0 saturated carbocycles. The molecule has 0 radical (unpaired) electrons. The van der Waals surface area contributed by atoms with Gasteiger partial charge in [-0.1, -0.05) is 73.5 Å². The zero-order chi connectivity index (χ0) is 36.8. The fraction of sp³-hybridized carbons (Fsp3) is 0.400. The predicted octanol–water partition coefficient (Wildman–Crippen LogP) is 3.84. The van der Waals surface area contributed by atoms with Crippen LogP contribution in [0.15, 0.2) is 48.5 Å². The number of esters is 1. The molecule has 0 aliphatic rings. The number of aromatic nitrogens is 6. The smallest absolute Gasteiger partial charge is 0.432 e. The van der Waals surface area contributed by atoms with E-state index < -0.39 is 41.9 Å². The van der Waals surface area contributed by atoms with E-state index in [1.165, 1.54) is 6.92 Å². The lowest BCUT2D eigenvalue weighted by atomic mass is 9.98. The summed E-state index contributed by atoms with van der Waals surface area (Å²) < 4.78 is 22.1. The molecule has 2 aromatic heterocycles. The monoisotopic (exact) mass is 736 g/mol. The number of aryl methyl sites for hydroxylation is 1. The Morgan fingerprint density at radius 3 is 2.39 bits per heavy atom. The largest absolute Gasteiger partial charge is 0.511 e. The third-order valence-corrected chi connectivity index (χ3v) is 7.25. The van der Waals surface area contributed by atoms with Crippen LogP contribution in [0.2, 0.25) is 5.15 Å². The van der Waals surface area contributed by atoms with Crippen LogP contribution in [0, 0.1) is 0 Å². The molecule has 20 nitrogen and oxygen atoms in total. The van der Waals surface area contributed by atoms with Crippen LogP contribution in [0.5, 0.6) is 0 Å². The molecule has 2 unspecified atom stereocenters. The fourth-order valence-electron chi connectivity index (χ4n) is 4.74. The summed E-state index contributed by atoms with van der Waals surface area (Å²) in [5.74, 6) is 0.253. The second-order valence-corrected chi connectivity index (χ2v) is 11.0. The van der Waals surface area contributed by atoms with Gasteiger partial charge in [-0.05, 0) is 33.5 Å². The van der Waals surface area contributed by atoms with Crippen LogP contribution in [0.1, 0.15) is 48.6 Å². The Bertz CT molecular complexity index is 1670. The van der Waals surface area contributed by atoms with Crippen molar-refractivity contribution in [3.8, 4) is 22.5 Å². The van der Waals surface area contributed by atoms with Crippen molar-refractivity contribution in [2.75, 3.05) is 26.4 Å². The Hall–Kier alpha value is -4.61. The molecule has 0 saturated heterocycles. The number of benzene rings is 2. The molecule has 2 heterocycles. The maximum Gasteiger partial charge on any atom is 0.511 e. The molecule has 4 aromatic rings. The molecule has 51 heavy (non-hydrogen) atoms. The van der Waals surface area contributed by atoms with Gasteiger partial charge < -0.3 is 23.5 Å². The van der Waals surface area contributed by atoms with E-state index in [1.54, 1.807) is 4.57 Å². The number of nitrogens with one attached hydrogen (secondary N) is 1. The van der Waals surface area contributed by atoms with Crippen LogP contribution in [0.4, 0.5) is 4.79 Å². The number of carbonyl (C=O) groups excluding carboxylic acids is 2. The van der Waals surface area contributed by atoms with Crippen LogP contribution < -0.4 is 0 Å². The highest BCUT2D eigenvalue weighted by Gasteiger charge is 2.26. The van der Waals surface area contributed by atoms with Gasteiger partial charge in [-0.25, -0.2) is 29.3 Å². The standard InChI is InChI=1S/C30H37ClN8O12/c1-3-4-9-25-32-27(31)26(29(40)49-19(2)50-30(41)47-15-14-46-17-22(51-39(44)45)18-48-38(42)43)37(25)16-20-10-12-21(13-11-20)23-7-5-6-8-24(23)28-33-35-36-34-28/h5-8,10-13,19,22,42-45H,3-4,9,14-18H2,1-2H3,(H,33,34,35,36). The van der Waals surface area contributed by atoms with Gasteiger partial charge in [0.2, 0.25) is 6.29 Å². The zero-order valence-corrected chi connectivity index (χ0v) is 28.2. The Morgan fingerprint density at radius 1 is 0.980 bits per heavy atom. The second-order valence-electron chi connectivity index (χ2n) is 10.6. The lowest BCUT2D eigenvalue weighted by Crippen LogP contribution is -2.34. The van der Waals surface area contributed by atoms with Gasteiger partial charge in [0.05, 0.1) is 24.0 Å². The van der Waals surface area contributed by atoms with Crippen LogP contribution in [-0.2, 0) is 41.6 Å². The number of unbranched alkanes of at least 4 members (excludes halogenated alkanes) is 1. The van der Waals surface area contributed by atoms with Crippen LogP contribution >= 0.6 is 11.6 Å². The summed E-state index contributed by atoms with van der Waals surface area (Å²) in [5.41, 5.74) is 3.53. The van der Waals surface area contributed by atoms with E-state index >= 15 is 0 Å². The number of rotatable bonds is 20. The topological polar surface area (TPSA) is 249 Å². The van der Waals surface area contributed by atoms with Gasteiger partial charge >= 0.3 is 12.1 Å². The SMILES string of the molecule is CCCCc1nc(Cl)c(C(=O)OC(C)OC(=O)OCCOCC(CON(O)O)ON(O)O)n1Cc1ccc(-c2ccccc2-c2nnn[nH]2)cc1. The summed E-state index contributed by atoms with van der Waals surface area (Å²) in [7, 11) is 0. The average molecular weight is 737 g/mol. The Labute approximate surface area is 295 Å². The van der Waals surface area contributed by atoms with Crippen molar-refractivity contribution in [1.29, 1.82) is 0 Å². The molecule has 2 atom stereocenters. The summed E-state index contributed by atoms with van der Waals surface area (Å²) in [6, 6.07) is 15.5. The quantitative estimate of drug-likeness (QED) is 0.0374. The number of halogens is 1. The number of ether oxygens (including phenoxy) is 4. The minimum absolute atomic E-state index is 0.0113. The molecule has 276 valence electrons. The molecule has 0 amide bonds. The van der Waals surface area contributed by atoms with Gasteiger partial charge in [0.15, 0.2) is 16.7 Å². The molecule has 2 aromatic carbocycles.